The van der Waals surface area contributed by atoms with E-state index in [1.54, 1.807) is 7.11 Å². The average molecular weight is 725 g/mol. The van der Waals surface area contributed by atoms with Gasteiger partial charge in [0.05, 0.1) is 51.3 Å². The second kappa shape index (κ2) is 18.7. The molecule has 0 amide bonds. The molecule has 0 radical (unpaired) electrons. The highest BCUT2D eigenvalue weighted by molar-refractivity contribution is 5.16. The summed E-state index contributed by atoms with van der Waals surface area (Å²) in [5.41, 5.74) is 4.26. The van der Waals surface area contributed by atoms with E-state index in [9.17, 15) is 5.11 Å². The number of methoxy groups -OCH3 is 1. The van der Waals surface area contributed by atoms with Crippen molar-refractivity contribution in [2.75, 3.05) is 20.3 Å². The Hall–Kier alpha value is -3.48. The third kappa shape index (κ3) is 9.61. The lowest BCUT2D eigenvalue weighted by Crippen LogP contribution is -2.68. The molecule has 9 atom stereocenters. The van der Waals surface area contributed by atoms with E-state index in [-0.39, 0.29) is 18.8 Å². The summed E-state index contributed by atoms with van der Waals surface area (Å²) in [5, 5.41) is 10.2. The third-order valence-electron chi connectivity index (χ3n) is 10.6. The first-order chi connectivity index (χ1) is 26.1. The van der Waals surface area contributed by atoms with Crippen molar-refractivity contribution >= 4 is 0 Å². The minimum Gasteiger partial charge on any atom is -0.396 e. The van der Waals surface area contributed by atoms with E-state index in [2.05, 4.69) is 24.3 Å². The molecule has 9 heteroatoms. The lowest BCUT2D eigenvalue weighted by Gasteiger charge is -2.54. The van der Waals surface area contributed by atoms with Crippen molar-refractivity contribution in [3.05, 3.63) is 144 Å². The topological polar surface area (TPSA) is 94.1 Å². The Labute approximate surface area is 313 Å². The summed E-state index contributed by atoms with van der Waals surface area (Å²) in [4.78, 5) is 0. The van der Waals surface area contributed by atoms with Crippen LogP contribution in [-0.2, 0) is 64.3 Å². The van der Waals surface area contributed by atoms with Gasteiger partial charge in [-0.3, -0.25) is 0 Å². The Bertz CT molecular complexity index is 1630. The van der Waals surface area contributed by atoms with Gasteiger partial charge in [-0.15, -0.1) is 0 Å². The molecule has 3 aliphatic rings. The van der Waals surface area contributed by atoms with Crippen LogP contribution in [0.2, 0.25) is 0 Å². The Morgan fingerprint density at radius 1 is 0.642 bits per heavy atom. The minimum atomic E-state index is -1.09. The van der Waals surface area contributed by atoms with E-state index in [1.807, 2.05) is 97.1 Å². The van der Waals surface area contributed by atoms with Gasteiger partial charge < -0.3 is 43.0 Å². The summed E-state index contributed by atoms with van der Waals surface area (Å²) in [6.07, 6.45) is -1.45. The molecular formula is C44H52O9. The fourth-order valence-electron chi connectivity index (χ4n) is 7.77. The maximum absolute atomic E-state index is 10.2. The van der Waals surface area contributed by atoms with Crippen LogP contribution < -0.4 is 0 Å². The number of rotatable bonds is 16. The molecule has 3 fully saturated rings. The normalized spacial score (nSPS) is 29.8. The van der Waals surface area contributed by atoms with Crippen LogP contribution in [0.5, 0.6) is 0 Å². The fraction of sp³-hybridized carbons (Fsp3) is 0.455. The lowest BCUT2D eigenvalue weighted by molar-refractivity contribution is -0.383. The van der Waals surface area contributed by atoms with E-state index >= 15 is 0 Å². The van der Waals surface area contributed by atoms with Gasteiger partial charge in [0.15, 0.2) is 5.79 Å². The number of hydrogen-bond acceptors (Lipinski definition) is 9. The van der Waals surface area contributed by atoms with Crippen LogP contribution in [0.1, 0.15) is 47.9 Å². The van der Waals surface area contributed by atoms with Gasteiger partial charge in [0, 0.05) is 26.6 Å². The van der Waals surface area contributed by atoms with Crippen molar-refractivity contribution in [2.45, 2.75) is 107 Å². The van der Waals surface area contributed by atoms with Crippen molar-refractivity contribution in [3.8, 4) is 0 Å². The molecule has 0 saturated carbocycles. The molecule has 4 aromatic carbocycles. The number of aliphatic hydroxyl groups is 1. The first-order valence-corrected chi connectivity index (χ1v) is 18.9. The Morgan fingerprint density at radius 2 is 1.17 bits per heavy atom. The number of fused-ring (bicyclic) bond motifs is 2. The number of hydrogen-bond donors (Lipinski definition) is 1. The predicted octanol–water partition coefficient (Wildman–Crippen LogP) is 6.79. The zero-order chi connectivity index (χ0) is 36.3. The molecule has 0 bridgehead atoms. The standard InChI is InChI=1S/C44H52O9/c1-46-44-24-22-36(48-28-33-16-8-3-9-17-33)39(31-47-27-32-14-6-2-7-15-32)52-40(44)26-38-42(53-44)43(50-30-35-20-12-5-13-21-35)41(37(51-38)23-25-45)49-29-34-18-10-4-11-19-34/h2-21,36-43,45H,22-31H2,1H3/t36-,37-,38+,39+,40-,41-,42+,43+,44+/m0/s1. The van der Waals surface area contributed by atoms with Crippen molar-refractivity contribution < 1.29 is 43.0 Å². The smallest absolute Gasteiger partial charge is 0.195 e. The van der Waals surface area contributed by atoms with Gasteiger partial charge >= 0.3 is 0 Å². The monoisotopic (exact) mass is 724 g/mol. The largest absolute Gasteiger partial charge is 0.396 e. The van der Waals surface area contributed by atoms with Gasteiger partial charge in [-0.1, -0.05) is 121 Å². The zero-order valence-corrected chi connectivity index (χ0v) is 30.5. The maximum Gasteiger partial charge on any atom is 0.195 e. The van der Waals surface area contributed by atoms with Crippen LogP contribution in [0, 0.1) is 0 Å². The molecule has 53 heavy (non-hydrogen) atoms. The summed E-state index contributed by atoms with van der Waals surface area (Å²) in [7, 11) is 1.68. The van der Waals surface area contributed by atoms with Crippen LogP contribution in [0.4, 0.5) is 0 Å². The highest BCUT2D eigenvalue weighted by Gasteiger charge is 2.59. The molecule has 0 aromatic heterocycles. The Balaban J connectivity index is 1.14. The Kier molecular flexibility index (Phi) is 13.4. The summed E-state index contributed by atoms with van der Waals surface area (Å²) in [5.74, 6) is -1.09. The molecule has 282 valence electrons. The Morgan fingerprint density at radius 3 is 1.72 bits per heavy atom. The summed E-state index contributed by atoms with van der Waals surface area (Å²) >= 11 is 0. The SMILES string of the molecule is CO[C@@]12CC[C@H](OCc3ccccc3)[C@@H](COCc3ccccc3)O[C@H]1C[C@H]1O[C@@H](CCO)[C@H](OCc3ccccc3)[C@@H](OCc3ccccc3)[C@@H]1O2. The molecule has 0 spiro atoms. The first kappa shape index (κ1) is 37.8. The van der Waals surface area contributed by atoms with Crippen LogP contribution in [0.25, 0.3) is 0 Å². The van der Waals surface area contributed by atoms with Crippen molar-refractivity contribution in [1.29, 1.82) is 0 Å². The third-order valence-corrected chi connectivity index (χ3v) is 10.6. The van der Waals surface area contributed by atoms with Crippen molar-refractivity contribution in [1.82, 2.24) is 0 Å². The first-order valence-electron chi connectivity index (χ1n) is 18.9. The molecular weight excluding hydrogens is 672 g/mol. The fourth-order valence-corrected chi connectivity index (χ4v) is 7.77. The molecule has 3 heterocycles. The molecule has 0 aliphatic carbocycles. The van der Waals surface area contributed by atoms with E-state index in [4.69, 9.17) is 37.9 Å². The van der Waals surface area contributed by atoms with Gasteiger partial charge in [-0.25, -0.2) is 0 Å². The predicted molar refractivity (Wildman–Crippen MR) is 199 cm³/mol. The van der Waals surface area contributed by atoms with Gasteiger partial charge in [0.2, 0.25) is 0 Å². The van der Waals surface area contributed by atoms with Crippen LogP contribution in [0.15, 0.2) is 121 Å². The van der Waals surface area contributed by atoms with E-state index < -0.39 is 42.4 Å². The van der Waals surface area contributed by atoms with Crippen LogP contribution in [-0.4, -0.2) is 80.0 Å². The average Bonchev–Trinajstić information content (AvgIpc) is 3.35. The van der Waals surface area contributed by atoms with E-state index in [0.717, 1.165) is 22.3 Å². The molecule has 9 nitrogen and oxygen atoms in total. The van der Waals surface area contributed by atoms with Crippen molar-refractivity contribution in [2.24, 2.45) is 0 Å². The zero-order valence-electron chi connectivity index (χ0n) is 30.5. The second-order valence-electron chi connectivity index (χ2n) is 14.1. The molecule has 4 aromatic rings. The van der Waals surface area contributed by atoms with Gasteiger partial charge in [-0.2, -0.15) is 0 Å². The van der Waals surface area contributed by atoms with E-state index in [1.165, 1.54) is 0 Å². The highest BCUT2D eigenvalue weighted by Crippen LogP contribution is 2.46. The van der Waals surface area contributed by atoms with Gasteiger partial charge in [0.1, 0.15) is 30.5 Å². The molecule has 3 saturated heterocycles. The maximum atomic E-state index is 10.2. The quantitative estimate of drug-likeness (QED) is 0.134. The highest BCUT2D eigenvalue weighted by atomic mass is 16.7. The second-order valence-corrected chi connectivity index (χ2v) is 14.1. The summed E-state index contributed by atoms with van der Waals surface area (Å²) < 4.78 is 53.6. The number of ether oxygens (including phenoxy) is 8. The molecule has 1 N–H and O–H groups in total. The van der Waals surface area contributed by atoms with E-state index in [0.29, 0.717) is 58.7 Å². The molecule has 3 aliphatic heterocycles. The number of aliphatic hydroxyl groups excluding tert-OH is 1. The lowest BCUT2D eigenvalue weighted by atomic mass is 9.84. The molecule has 7 rings (SSSR count). The van der Waals surface area contributed by atoms with Crippen LogP contribution >= 0.6 is 0 Å². The van der Waals surface area contributed by atoms with Crippen LogP contribution in [0.3, 0.4) is 0 Å². The van der Waals surface area contributed by atoms with Gasteiger partial charge in [0.25, 0.3) is 0 Å². The number of benzene rings is 4. The minimum absolute atomic E-state index is 0.0529. The summed E-state index contributed by atoms with van der Waals surface area (Å²) in [6, 6.07) is 40.4. The van der Waals surface area contributed by atoms with Crippen molar-refractivity contribution in [3.63, 3.8) is 0 Å². The summed E-state index contributed by atoms with van der Waals surface area (Å²) in [6.45, 7) is 1.93. The molecule has 0 unspecified atom stereocenters. The van der Waals surface area contributed by atoms with Gasteiger partial charge in [-0.05, 0) is 35.1 Å².